The standard InChI is InChI=1S/C21H27NO3/c1-4-23-17-9-7-15(8-10-17)21-18-14-20(25-6-3)19(24-5-2)13-16(18)11-12-22-21/h7-10,13-14,21-22H,4-6,11-12H2,1-3H3/p+1/t21-/m1/s1. The number of hydrogen-bond donors (Lipinski definition) is 1. The Kier molecular flexibility index (Phi) is 5.82. The quantitative estimate of drug-likeness (QED) is 0.841. The second-order valence-electron chi connectivity index (χ2n) is 6.12. The molecule has 3 rings (SSSR count). The highest BCUT2D eigenvalue weighted by atomic mass is 16.5. The molecule has 0 aliphatic carbocycles. The first kappa shape index (κ1) is 17.6. The van der Waals surface area contributed by atoms with Gasteiger partial charge >= 0.3 is 0 Å². The fourth-order valence-corrected chi connectivity index (χ4v) is 3.45. The van der Waals surface area contributed by atoms with Gasteiger partial charge in [0.1, 0.15) is 11.8 Å². The zero-order valence-corrected chi connectivity index (χ0v) is 15.4. The van der Waals surface area contributed by atoms with Crippen LogP contribution in [0.5, 0.6) is 17.2 Å². The first-order valence-corrected chi connectivity index (χ1v) is 9.25. The molecule has 0 radical (unpaired) electrons. The van der Waals surface area contributed by atoms with E-state index in [-0.39, 0.29) is 6.04 Å². The Hall–Kier alpha value is -2.20. The van der Waals surface area contributed by atoms with Crippen molar-refractivity contribution in [3.63, 3.8) is 0 Å². The van der Waals surface area contributed by atoms with E-state index in [9.17, 15) is 0 Å². The number of rotatable bonds is 7. The fourth-order valence-electron chi connectivity index (χ4n) is 3.45. The summed E-state index contributed by atoms with van der Waals surface area (Å²) in [6.07, 6.45) is 1.05. The van der Waals surface area contributed by atoms with E-state index in [0.717, 1.165) is 30.2 Å². The zero-order valence-electron chi connectivity index (χ0n) is 15.4. The maximum absolute atomic E-state index is 5.83. The lowest BCUT2D eigenvalue weighted by molar-refractivity contribution is -0.690. The zero-order chi connectivity index (χ0) is 17.6. The molecule has 1 atom stereocenters. The maximum Gasteiger partial charge on any atom is 0.161 e. The van der Waals surface area contributed by atoms with Gasteiger partial charge < -0.3 is 19.5 Å². The molecule has 134 valence electrons. The Balaban J connectivity index is 1.95. The van der Waals surface area contributed by atoms with Crippen LogP contribution in [0, 0.1) is 0 Å². The van der Waals surface area contributed by atoms with E-state index in [1.54, 1.807) is 0 Å². The van der Waals surface area contributed by atoms with Crippen molar-refractivity contribution >= 4 is 0 Å². The predicted octanol–water partition coefficient (Wildman–Crippen LogP) is 3.09. The first-order chi connectivity index (χ1) is 12.3. The van der Waals surface area contributed by atoms with E-state index in [1.807, 2.05) is 20.8 Å². The van der Waals surface area contributed by atoms with E-state index < -0.39 is 0 Å². The molecular weight excluding hydrogens is 314 g/mol. The van der Waals surface area contributed by atoms with E-state index in [0.29, 0.717) is 19.8 Å². The van der Waals surface area contributed by atoms with Crippen LogP contribution in [0.1, 0.15) is 43.5 Å². The molecule has 1 aliphatic heterocycles. The summed E-state index contributed by atoms with van der Waals surface area (Å²) in [4.78, 5) is 0. The van der Waals surface area contributed by atoms with Crippen LogP contribution >= 0.6 is 0 Å². The third-order valence-electron chi connectivity index (χ3n) is 4.51. The van der Waals surface area contributed by atoms with Crippen LogP contribution in [0.15, 0.2) is 36.4 Å². The van der Waals surface area contributed by atoms with Gasteiger partial charge in [0.15, 0.2) is 11.5 Å². The molecule has 0 unspecified atom stereocenters. The molecule has 0 saturated heterocycles. The van der Waals surface area contributed by atoms with Crippen molar-refractivity contribution in [3.8, 4) is 17.2 Å². The number of quaternary nitrogens is 1. The molecule has 2 aromatic carbocycles. The average Bonchev–Trinajstić information content (AvgIpc) is 2.63. The second-order valence-corrected chi connectivity index (χ2v) is 6.12. The number of nitrogens with two attached hydrogens (primary N) is 1. The van der Waals surface area contributed by atoms with Crippen LogP contribution in [0.4, 0.5) is 0 Å². The van der Waals surface area contributed by atoms with Gasteiger partial charge in [-0.2, -0.15) is 0 Å². The first-order valence-electron chi connectivity index (χ1n) is 9.25. The third kappa shape index (κ3) is 3.90. The average molecular weight is 342 g/mol. The van der Waals surface area contributed by atoms with Gasteiger partial charge in [-0.15, -0.1) is 0 Å². The topological polar surface area (TPSA) is 44.3 Å². The lowest BCUT2D eigenvalue weighted by Gasteiger charge is -2.26. The summed E-state index contributed by atoms with van der Waals surface area (Å²) in [5.74, 6) is 2.62. The Morgan fingerprint density at radius 1 is 0.880 bits per heavy atom. The van der Waals surface area contributed by atoms with Crippen molar-refractivity contribution in [1.82, 2.24) is 0 Å². The van der Waals surface area contributed by atoms with Crippen molar-refractivity contribution in [2.24, 2.45) is 0 Å². The van der Waals surface area contributed by atoms with Gasteiger partial charge in [0.05, 0.1) is 26.4 Å². The van der Waals surface area contributed by atoms with Gasteiger partial charge in [0, 0.05) is 17.5 Å². The Bertz CT molecular complexity index is 697. The van der Waals surface area contributed by atoms with Gasteiger partial charge in [-0.1, -0.05) is 0 Å². The van der Waals surface area contributed by atoms with Crippen molar-refractivity contribution in [3.05, 3.63) is 53.1 Å². The summed E-state index contributed by atoms with van der Waals surface area (Å²) >= 11 is 0. The van der Waals surface area contributed by atoms with Crippen LogP contribution in [0.2, 0.25) is 0 Å². The monoisotopic (exact) mass is 342 g/mol. The Morgan fingerprint density at radius 2 is 1.52 bits per heavy atom. The largest absolute Gasteiger partial charge is 0.494 e. The van der Waals surface area contributed by atoms with Crippen LogP contribution in [0.3, 0.4) is 0 Å². The highest BCUT2D eigenvalue weighted by Crippen LogP contribution is 2.36. The lowest BCUT2D eigenvalue weighted by Crippen LogP contribution is -2.87. The molecule has 1 aliphatic rings. The predicted molar refractivity (Wildman–Crippen MR) is 98.7 cm³/mol. The minimum Gasteiger partial charge on any atom is -0.494 e. The van der Waals surface area contributed by atoms with Crippen molar-refractivity contribution < 1.29 is 19.5 Å². The SMILES string of the molecule is CCOc1ccc([C@H]2[NH2+]CCc3cc(OCC)c(OCC)cc32)cc1. The fraction of sp³-hybridized carbons (Fsp3) is 0.429. The molecule has 1 heterocycles. The van der Waals surface area contributed by atoms with Gasteiger partial charge in [-0.25, -0.2) is 0 Å². The highest BCUT2D eigenvalue weighted by Gasteiger charge is 2.27. The number of hydrogen-bond acceptors (Lipinski definition) is 3. The summed E-state index contributed by atoms with van der Waals surface area (Å²) in [6, 6.07) is 13.1. The summed E-state index contributed by atoms with van der Waals surface area (Å²) in [5, 5.41) is 2.40. The Labute approximate surface area is 150 Å². The van der Waals surface area contributed by atoms with Crippen LogP contribution in [0.25, 0.3) is 0 Å². The molecule has 0 saturated carbocycles. The second kappa shape index (κ2) is 8.26. The van der Waals surface area contributed by atoms with Crippen molar-refractivity contribution in [1.29, 1.82) is 0 Å². The van der Waals surface area contributed by atoms with Gasteiger partial charge in [0.2, 0.25) is 0 Å². The molecule has 0 bridgehead atoms. The summed E-state index contributed by atoms with van der Waals surface area (Å²) in [5.41, 5.74) is 3.96. The van der Waals surface area contributed by atoms with Crippen LogP contribution in [-0.4, -0.2) is 26.4 Å². The number of benzene rings is 2. The normalized spacial score (nSPS) is 16.2. The van der Waals surface area contributed by atoms with Gasteiger partial charge in [-0.3, -0.25) is 0 Å². The Morgan fingerprint density at radius 3 is 2.16 bits per heavy atom. The van der Waals surface area contributed by atoms with Crippen LogP contribution in [-0.2, 0) is 6.42 Å². The van der Waals surface area contributed by atoms with E-state index in [1.165, 1.54) is 16.7 Å². The summed E-state index contributed by atoms with van der Waals surface area (Å²) < 4.78 is 17.2. The lowest BCUT2D eigenvalue weighted by atomic mass is 9.89. The molecule has 2 N–H and O–H groups in total. The van der Waals surface area contributed by atoms with E-state index in [4.69, 9.17) is 14.2 Å². The molecule has 4 heteroatoms. The molecule has 0 aromatic heterocycles. The molecule has 0 fully saturated rings. The van der Waals surface area contributed by atoms with Crippen molar-refractivity contribution in [2.45, 2.75) is 33.2 Å². The molecule has 0 amide bonds. The summed E-state index contributed by atoms with van der Waals surface area (Å²) in [6.45, 7) is 9.06. The molecule has 0 spiro atoms. The number of ether oxygens (including phenoxy) is 3. The van der Waals surface area contributed by atoms with E-state index in [2.05, 4.69) is 41.7 Å². The van der Waals surface area contributed by atoms with Gasteiger partial charge in [0.25, 0.3) is 0 Å². The summed E-state index contributed by atoms with van der Waals surface area (Å²) in [7, 11) is 0. The third-order valence-corrected chi connectivity index (χ3v) is 4.51. The number of fused-ring (bicyclic) bond motifs is 1. The minimum absolute atomic E-state index is 0.286. The highest BCUT2D eigenvalue weighted by molar-refractivity contribution is 5.50. The van der Waals surface area contributed by atoms with Crippen LogP contribution < -0.4 is 19.5 Å². The minimum atomic E-state index is 0.286. The van der Waals surface area contributed by atoms with Gasteiger partial charge in [-0.05, 0) is 62.7 Å². The smallest absolute Gasteiger partial charge is 0.161 e. The molecule has 2 aromatic rings. The maximum atomic E-state index is 5.83. The van der Waals surface area contributed by atoms with Crippen molar-refractivity contribution in [2.75, 3.05) is 26.4 Å². The molecular formula is C21H28NO3+. The molecule has 25 heavy (non-hydrogen) atoms. The molecule has 4 nitrogen and oxygen atoms in total. The van der Waals surface area contributed by atoms with E-state index >= 15 is 0 Å².